The minimum Gasteiger partial charge on any atom is -0.410 e. The number of fused-ring (bicyclic) bond motifs is 1. The molecule has 1 aliphatic rings. The van der Waals surface area contributed by atoms with Crippen LogP contribution in [0.25, 0.3) is 0 Å². The van der Waals surface area contributed by atoms with Gasteiger partial charge in [-0.05, 0) is 30.8 Å². The zero-order chi connectivity index (χ0) is 11.1. The molecular formula is C13H18OSi. The normalized spacial score (nSPS) is 24.2. The highest BCUT2D eigenvalue weighted by Gasteiger charge is 2.38. The molecule has 0 aromatic heterocycles. The molecule has 1 aliphatic carbocycles. The lowest BCUT2D eigenvalue weighted by Gasteiger charge is -2.41. The molecule has 2 rings (SSSR count). The van der Waals surface area contributed by atoms with Gasteiger partial charge in [-0.1, -0.05) is 30.3 Å². The van der Waals surface area contributed by atoms with Crippen LogP contribution in [-0.2, 0) is 4.43 Å². The molecular weight excluding hydrogens is 200 g/mol. The van der Waals surface area contributed by atoms with Crippen molar-refractivity contribution >= 4 is 8.32 Å². The molecule has 0 saturated heterocycles. The van der Waals surface area contributed by atoms with E-state index in [-0.39, 0.29) is 6.10 Å². The van der Waals surface area contributed by atoms with Crippen LogP contribution >= 0.6 is 0 Å². The van der Waals surface area contributed by atoms with Gasteiger partial charge in [0.1, 0.15) is 0 Å². The van der Waals surface area contributed by atoms with Crippen molar-refractivity contribution in [3.05, 3.63) is 48.0 Å². The van der Waals surface area contributed by atoms with Crippen LogP contribution in [0.1, 0.15) is 23.1 Å². The van der Waals surface area contributed by atoms with E-state index in [0.717, 1.165) is 0 Å². The van der Waals surface area contributed by atoms with Crippen LogP contribution in [0.2, 0.25) is 19.6 Å². The van der Waals surface area contributed by atoms with Crippen molar-refractivity contribution in [1.82, 2.24) is 0 Å². The van der Waals surface area contributed by atoms with E-state index in [4.69, 9.17) is 4.43 Å². The second-order valence-corrected chi connectivity index (χ2v) is 9.50. The smallest absolute Gasteiger partial charge is 0.184 e. The first-order valence-corrected chi connectivity index (χ1v) is 8.83. The first-order chi connectivity index (χ1) is 7.03. The van der Waals surface area contributed by atoms with Crippen LogP contribution in [0.5, 0.6) is 0 Å². The van der Waals surface area contributed by atoms with Gasteiger partial charge in [0, 0.05) is 5.92 Å². The van der Waals surface area contributed by atoms with E-state index >= 15 is 0 Å². The van der Waals surface area contributed by atoms with Gasteiger partial charge in [-0.3, -0.25) is 0 Å². The van der Waals surface area contributed by atoms with Crippen LogP contribution < -0.4 is 0 Å². The molecule has 2 heteroatoms. The van der Waals surface area contributed by atoms with Crippen molar-refractivity contribution in [2.75, 3.05) is 0 Å². The summed E-state index contributed by atoms with van der Waals surface area (Å²) < 4.78 is 6.17. The standard InChI is InChI=1S/C13H18OSi/c1-5-10-11-8-6-7-9-12(11)13(10)14-15(2,3)4/h5-10,13H,1H2,2-4H3. The van der Waals surface area contributed by atoms with Crippen LogP contribution in [0, 0.1) is 0 Å². The molecule has 0 heterocycles. The summed E-state index contributed by atoms with van der Waals surface area (Å²) in [5.74, 6) is 0.396. The van der Waals surface area contributed by atoms with Gasteiger partial charge in [0.25, 0.3) is 0 Å². The first-order valence-electron chi connectivity index (χ1n) is 5.42. The third-order valence-corrected chi connectivity index (χ3v) is 3.68. The fraction of sp³-hybridized carbons (Fsp3) is 0.385. The van der Waals surface area contributed by atoms with E-state index in [1.165, 1.54) is 11.1 Å². The predicted molar refractivity (Wildman–Crippen MR) is 66.6 cm³/mol. The fourth-order valence-corrected chi connectivity index (χ4v) is 3.14. The van der Waals surface area contributed by atoms with Gasteiger partial charge >= 0.3 is 0 Å². The third-order valence-electron chi connectivity index (χ3n) is 2.72. The van der Waals surface area contributed by atoms with Gasteiger partial charge in [0.05, 0.1) is 6.10 Å². The molecule has 0 bridgehead atoms. The molecule has 1 aromatic rings. The quantitative estimate of drug-likeness (QED) is 0.553. The Morgan fingerprint density at radius 3 is 2.33 bits per heavy atom. The second kappa shape index (κ2) is 3.61. The highest BCUT2D eigenvalue weighted by molar-refractivity contribution is 6.69. The summed E-state index contributed by atoms with van der Waals surface area (Å²) in [5, 5.41) is 0. The molecule has 80 valence electrons. The zero-order valence-corrected chi connectivity index (χ0v) is 10.7. The zero-order valence-electron chi connectivity index (χ0n) is 9.66. The Kier molecular flexibility index (Phi) is 2.57. The van der Waals surface area contributed by atoms with Crippen molar-refractivity contribution in [2.24, 2.45) is 0 Å². The van der Waals surface area contributed by atoms with Gasteiger partial charge < -0.3 is 4.43 Å². The van der Waals surface area contributed by atoms with Crippen molar-refractivity contribution in [1.29, 1.82) is 0 Å². The van der Waals surface area contributed by atoms with Crippen molar-refractivity contribution in [3.8, 4) is 0 Å². The molecule has 0 amide bonds. The lowest BCUT2D eigenvalue weighted by Crippen LogP contribution is -2.35. The Hall–Kier alpha value is -0.863. The van der Waals surface area contributed by atoms with E-state index < -0.39 is 8.32 Å². The van der Waals surface area contributed by atoms with Gasteiger partial charge in [0.15, 0.2) is 8.32 Å². The molecule has 0 radical (unpaired) electrons. The Morgan fingerprint density at radius 1 is 1.20 bits per heavy atom. The largest absolute Gasteiger partial charge is 0.410 e. The Balaban J connectivity index is 2.25. The van der Waals surface area contributed by atoms with Gasteiger partial charge in [-0.15, -0.1) is 6.58 Å². The number of hydrogen-bond donors (Lipinski definition) is 0. The van der Waals surface area contributed by atoms with E-state index in [1.807, 2.05) is 6.08 Å². The second-order valence-electron chi connectivity index (χ2n) is 5.04. The topological polar surface area (TPSA) is 9.23 Å². The Morgan fingerprint density at radius 2 is 1.80 bits per heavy atom. The summed E-state index contributed by atoms with van der Waals surface area (Å²) in [6.45, 7) is 10.6. The third kappa shape index (κ3) is 1.92. The maximum atomic E-state index is 6.17. The average molecular weight is 218 g/mol. The lowest BCUT2D eigenvalue weighted by atomic mass is 9.75. The van der Waals surface area contributed by atoms with Crippen molar-refractivity contribution < 1.29 is 4.43 Å². The van der Waals surface area contributed by atoms with Crippen LogP contribution in [0.3, 0.4) is 0 Å². The Bertz CT molecular complexity index is 378. The molecule has 0 N–H and O–H groups in total. The highest BCUT2D eigenvalue weighted by atomic mass is 28.4. The SMILES string of the molecule is C=CC1c2ccccc2C1O[Si](C)(C)C. The van der Waals surface area contributed by atoms with Crippen molar-refractivity contribution in [3.63, 3.8) is 0 Å². The highest BCUT2D eigenvalue weighted by Crippen LogP contribution is 2.48. The molecule has 15 heavy (non-hydrogen) atoms. The van der Waals surface area contributed by atoms with E-state index in [2.05, 4.69) is 50.5 Å². The fourth-order valence-electron chi connectivity index (χ4n) is 2.10. The van der Waals surface area contributed by atoms with E-state index in [0.29, 0.717) is 5.92 Å². The molecule has 2 atom stereocenters. The summed E-state index contributed by atoms with van der Waals surface area (Å²) in [5.41, 5.74) is 2.74. The molecule has 0 aliphatic heterocycles. The average Bonchev–Trinajstić information content (AvgIpc) is 2.14. The molecule has 1 nitrogen and oxygen atoms in total. The molecule has 0 saturated carbocycles. The lowest BCUT2D eigenvalue weighted by molar-refractivity contribution is 0.154. The Labute approximate surface area is 92.9 Å². The maximum Gasteiger partial charge on any atom is 0.184 e. The number of rotatable bonds is 3. The molecule has 0 spiro atoms. The summed E-state index contributed by atoms with van der Waals surface area (Å²) in [6, 6.07) is 8.50. The van der Waals surface area contributed by atoms with Gasteiger partial charge in [0.2, 0.25) is 0 Å². The number of hydrogen-bond acceptors (Lipinski definition) is 1. The minimum absolute atomic E-state index is 0.255. The van der Waals surface area contributed by atoms with E-state index in [1.54, 1.807) is 0 Å². The minimum atomic E-state index is -1.46. The summed E-state index contributed by atoms with van der Waals surface area (Å²) in [7, 11) is -1.46. The van der Waals surface area contributed by atoms with Gasteiger partial charge in [-0.25, -0.2) is 0 Å². The molecule has 0 fully saturated rings. The summed E-state index contributed by atoms with van der Waals surface area (Å²) >= 11 is 0. The number of benzene rings is 1. The van der Waals surface area contributed by atoms with Crippen LogP contribution in [0.4, 0.5) is 0 Å². The summed E-state index contributed by atoms with van der Waals surface area (Å²) in [4.78, 5) is 0. The van der Waals surface area contributed by atoms with Crippen LogP contribution in [0.15, 0.2) is 36.9 Å². The monoisotopic (exact) mass is 218 g/mol. The summed E-state index contributed by atoms with van der Waals surface area (Å²) in [6.07, 6.45) is 2.26. The van der Waals surface area contributed by atoms with Gasteiger partial charge in [-0.2, -0.15) is 0 Å². The molecule has 2 unspecified atom stereocenters. The van der Waals surface area contributed by atoms with Crippen LogP contribution in [-0.4, -0.2) is 8.32 Å². The van der Waals surface area contributed by atoms with E-state index in [9.17, 15) is 0 Å². The molecule has 1 aromatic carbocycles. The van der Waals surface area contributed by atoms with Crippen molar-refractivity contribution in [2.45, 2.75) is 31.7 Å². The maximum absolute atomic E-state index is 6.17. The first kappa shape index (κ1) is 10.6. The predicted octanol–water partition coefficient (Wildman–Crippen LogP) is 3.86.